The zero-order valence-corrected chi connectivity index (χ0v) is 38.5. The van der Waals surface area contributed by atoms with Crippen LogP contribution in [0.4, 0.5) is 0 Å². The number of hydrogen-bond donors (Lipinski definition) is 0. The van der Waals surface area contributed by atoms with Gasteiger partial charge < -0.3 is 28.4 Å². The molecule has 0 aliphatic carbocycles. The molecule has 0 amide bonds. The number of hydrogen-bond acceptors (Lipinski definition) is 12. The van der Waals surface area contributed by atoms with Crippen LogP contribution in [0.15, 0.2) is 0 Å². The van der Waals surface area contributed by atoms with Gasteiger partial charge in [-0.3, -0.25) is 28.8 Å². The number of carbonyl (C=O) groups excluding carboxylic acids is 6. The lowest BCUT2D eigenvalue weighted by atomic mass is 10.1. The highest BCUT2D eigenvalue weighted by molar-refractivity contribution is 5.72. The maximum absolute atomic E-state index is 12.5. The quantitative estimate of drug-likeness (QED) is 0.0325. The van der Waals surface area contributed by atoms with Crippen LogP contribution in [0.1, 0.15) is 233 Å². The van der Waals surface area contributed by atoms with E-state index < -0.39 is 24.1 Å². The topological polar surface area (TPSA) is 158 Å². The van der Waals surface area contributed by atoms with E-state index in [0.717, 1.165) is 154 Å². The van der Waals surface area contributed by atoms with Crippen molar-refractivity contribution in [3.05, 3.63) is 0 Å². The van der Waals surface area contributed by atoms with Gasteiger partial charge >= 0.3 is 35.8 Å². The first kappa shape index (κ1) is 56.8. The van der Waals surface area contributed by atoms with E-state index in [1.165, 1.54) is 0 Å². The standard InChI is InChI=1S/C48H86O12/c1-5-9-13-19-25-31-43(49)55-37-41(59-47(53)35-29-21-15-11-7-3)39-57-45(51)33-27-23-17-18-24-28-34-46(52)58-40-42(60-48(54)36-30-22-16-12-8-4)38-56-44(50)32-26-20-14-10-6-2/h41-42H,5-40H2,1-4H3. The predicted octanol–water partition coefficient (Wildman–Crippen LogP) is 11.5. The van der Waals surface area contributed by atoms with E-state index >= 15 is 0 Å². The first-order valence-corrected chi connectivity index (χ1v) is 24.2. The molecule has 0 fully saturated rings. The monoisotopic (exact) mass is 855 g/mol. The second kappa shape index (κ2) is 42.5. The van der Waals surface area contributed by atoms with E-state index in [2.05, 4.69) is 27.7 Å². The fourth-order valence-corrected chi connectivity index (χ4v) is 6.49. The smallest absolute Gasteiger partial charge is 0.306 e. The predicted molar refractivity (Wildman–Crippen MR) is 234 cm³/mol. The molecule has 0 aliphatic heterocycles. The summed E-state index contributed by atoms with van der Waals surface area (Å²) in [4.78, 5) is 74.5. The number of esters is 6. The molecule has 60 heavy (non-hydrogen) atoms. The Labute approximate surface area is 364 Å². The molecule has 12 nitrogen and oxygen atoms in total. The molecule has 350 valence electrons. The van der Waals surface area contributed by atoms with Crippen molar-refractivity contribution in [3.8, 4) is 0 Å². The first-order valence-electron chi connectivity index (χ1n) is 24.2. The van der Waals surface area contributed by atoms with Gasteiger partial charge in [-0.25, -0.2) is 0 Å². The van der Waals surface area contributed by atoms with E-state index in [0.29, 0.717) is 25.7 Å². The molecule has 2 atom stereocenters. The molecule has 0 aliphatic rings. The lowest BCUT2D eigenvalue weighted by Crippen LogP contribution is -2.30. The molecule has 0 saturated heterocycles. The van der Waals surface area contributed by atoms with Crippen LogP contribution in [-0.2, 0) is 57.2 Å². The third kappa shape index (κ3) is 39.0. The zero-order chi connectivity index (χ0) is 44.3. The lowest BCUT2D eigenvalue weighted by molar-refractivity contribution is -0.167. The number of unbranched alkanes of at least 4 members (excludes halogenated alkanes) is 21. The van der Waals surface area contributed by atoms with Gasteiger partial charge in [-0.2, -0.15) is 0 Å². The van der Waals surface area contributed by atoms with Crippen LogP contribution < -0.4 is 0 Å². The summed E-state index contributed by atoms with van der Waals surface area (Å²) >= 11 is 0. The molecule has 0 N–H and O–H groups in total. The Balaban J connectivity index is 4.53. The molecule has 0 aromatic heterocycles. The van der Waals surface area contributed by atoms with Gasteiger partial charge in [0.25, 0.3) is 0 Å². The maximum Gasteiger partial charge on any atom is 0.306 e. The second-order valence-electron chi connectivity index (χ2n) is 16.2. The number of carbonyl (C=O) groups is 6. The van der Waals surface area contributed by atoms with Gasteiger partial charge in [0.05, 0.1) is 0 Å². The van der Waals surface area contributed by atoms with Crippen LogP contribution in [0.5, 0.6) is 0 Å². The van der Waals surface area contributed by atoms with E-state index in [-0.39, 0.29) is 76.0 Å². The van der Waals surface area contributed by atoms with Crippen LogP contribution in [0, 0.1) is 0 Å². The summed E-state index contributed by atoms with van der Waals surface area (Å²) in [6.07, 6.45) is 24.7. The van der Waals surface area contributed by atoms with Gasteiger partial charge in [0, 0.05) is 38.5 Å². The van der Waals surface area contributed by atoms with E-state index in [1.54, 1.807) is 0 Å². The molecule has 0 heterocycles. The summed E-state index contributed by atoms with van der Waals surface area (Å²) in [5, 5.41) is 0. The molecule has 2 unspecified atom stereocenters. The fourth-order valence-electron chi connectivity index (χ4n) is 6.49. The molecule has 0 rings (SSSR count). The minimum atomic E-state index is -0.841. The van der Waals surface area contributed by atoms with Gasteiger partial charge in [0.1, 0.15) is 26.4 Å². The lowest BCUT2D eigenvalue weighted by Gasteiger charge is -2.18. The Bertz CT molecular complexity index is 1010. The average molecular weight is 855 g/mol. The van der Waals surface area contributed by atoms with Gasteiger partial charge in [0.15, 0.2) is 12.2 Å². The van der Waals surface area contributed by atoms with E-state index in [4.69, 9.17) is 28.4 Å². The van der Waals surface area contributed by atoms with Gasteiger partial charge in [-0.05, 0) is 38.5 Å². The minimum absolute atomic E-state index is 0.141. The summed E-state index contributed by atoms with van der Waals surface area (Å²) in [6.45, 7) is 7.94. The van der Waals surface area contributed by atoms with Crippen molar-refractivity contribution < 1.29 is 57.2 Å². The molecule has 0 spiro atoms. The van der Waals surface area contributed by atoms with Gasteiger partial charge in [-0.1, -0.05) is 156 Å². The second-order valence-corrected chi connectivity index (χ2v) is 16.2. The normalized spacial score (nSPS) is 12.0. The Morgan fingerprint density at radius 3 is 0.667 bits per heavy atom. The van der Waals surface area contributed by atoms with Crippen LogP contribution in [0.2, 0.25) is 0 Å². The van der Waals surface area contributed by atoms with Crippen LogP contribution in [-0.4, -0.2) is 74.5 Å². The van der Waals surface area contributed by atoms with Crippen molar-refractivity contribution in [2.75, 3.05) is 26.4 Å². The summed E-state index contributed by atoms with van der Waals surface area (Å²) in [5.41, 5.74) is 0. The molecular formula is C48H86O12. The molecular weight excluding hydrogens is 769 g/mol. The third-order valence-corrected chi connectivity index (χ3v) is 10.3. The largest absolute Gasteiger partial charge is 0.462 e. The molecule has 0 bridgehead atoms. The summed E-state index contributed by atoms with van der Waals surface area (Å²) in [6, 6.07) is 0. The van der Waals surface area contributed by atoms with Crippen LogP contribution in [0.3, 0.4) is 0 Å². The Hall–Kier alpha value is -3.18. The number of ether oxygens (including phenoxy) is 6. The van der Waals surface area contributed by atoms with Crippen molar-refractivity contribution in [3.63, 3.8) is 0 Å². The highest BCUT2D eigenvalue weighted by Crippen LogP contribution is 2.14. The van der Waals surface area contributed by atoms with E-state index in [1.807, 2.05) is 0 Å². The molecule has 12 heteroatoms. The van der Waals surface area contributed by atoms with Crippen LogP contribution >= 0.6 is 0 Å². The molecule has 0 saturated carbocycles. The summed E-state index contributed by atoms with van der Waals surface area (Å²) < 4.78 is 32.7. The van der Waals surface area contributed by atoms with Crippen molar-refractivity contribution >= 4 is 35.8 Å². The van der Waals surface area contributed by atoms with Crippen LogP contribution in [0.25, 0.3) is 0 Å². The van der Waals surface area contributed by atoms with Crippen molar-refractivity contribution in [2.24, 2.45) is 0 Å². The third-order valence-electron chi connectivity index (χ3n) is 10.3. The molecule has 0 aromatic rings. The van der Waals surface area contributed by atoms with Crippen molar-refractivity contribution in [2.45, 2.75) is 245 Å². The first-order chi connectivity index (χ1) is 29.1. The van der Waals surface area contributed by atoms with Crippen molar-refractivity contribution in [1.29, 1.82) is 0 Å². The summed E-state index contributed by atoms with van der Waals surface area (Å²) in [5.74, 6) is -2.24. The SMILES string of the molecule is CCCCCCCC(=O)OCC(COC(=O)CCCCCCCCC(=O)OCC(COC(=O)CCCCCCC)OC(=O)CCCCCCC)OC(=O)CCCCCCC. The van der Waals surface area contributed by atoms with E-state index in [9.17, 15) is 28.8 Å². The number of rotatable bonds is 43. The molecule has 0 aromatic carbocycles. The van der Waals surface area contributed by atoms with Gasteiger partial charge in [-0.15, -0.1) is 0 Å². The Morgan fingerprint density at radius 2 is 0.450 bits per heavy atom. The summed E-state index contributed by atoms with van der Waals surface area (Å²) in [7, 11) is 0. The highest BCUT2D eigenvalue weighted by Gasteiger charge is 2.21. The maximum atomic E-state index is 12.5. The van der Waals surface area contributed by atoms with Gasteiger partial charge in [0.2, 0.25) is 0 Å². The fraction of sp³-hybridized carbons (Fsp3) is 0.875. The minimum Gasteiger partial charge on any atom is -0.462 e. The molecule has 0 radical (unpaired) electrons. The highest BCUT2D eigenvalue weighted by atomic mass is 16.6. The van der Waals surface area contributed by atoms with Crippen molar-refractivity contribution in [1.82, 2.24) is 0 Å². The Morgan fingerprint density at radius 1 is 0.267 bits per heavy atom. The average Bonchev–Trinajstić information content (AvgIpc) is 3.23. The zero-order valence-electron chi connectivity index (χ0n) is 38.5. The Kier molecular flexibility index (Phi) is 40.3.